The van der Waals surface area contributed by atoms with E-state index >= 15 is 0 Å². The molecule has 0 saturated carbocycles. The zero-order valence-corrected chi connectivity index (χ0v) is 24.8. The van der Waals surface area contributed by atoms with Crippen LogP contribution in [0.3, 0.4) is 0 Å². The SMILES string of the molecule is COc1ccc(NC2=C(Sc3cccc(NC(=O)c4ccc(OC)cc4)c3)C(=O)N(c3cc(C)ccc3OC)C2=O)cc1. The molecule has 0 atom stereocenters. The van der Waals surface area contributed by atoms with Crippen LogP contribution in [-0.2, 0) is 9.59 Å². The van der Waals surface area contributed by atoms with E-state index in [9.17, 15) is 14.4 Å². The molecule has 1 aliphatic heterocycles. The van der Waals surface area contributed by atoms with Crippen LogP contribution in [-0.4, -0.2) is 39.1 Å². The Morgan fingerprint density at radius 2 is 1.42 bits per heavy atom. The van der Waals surface area contributed by atoms with Gasteiger partial charge in [0.15, 0.2) is 0 Å². The molecule has 0 aliphatic carbocycles. The zero-order chi connectivity index (χ0) is 30.5. The number of rotatable bonds is 10. The minimum atomic E-state index is -0.517. The van der Waals surface area contributed by atoms with E-state index in [2.05, 4.69) is 10.6 Å². The first-order valence-corrected chi connectivity index (χ1v) is 14.0. The smallest absolute Gasteiger partial charge is 0.283 e. The summed E-state index contributed by atoms with van der Waals surface area (Å²) >= 11 is 1.13. The minimum Gasteiger partial charge on any atom is -0.497 e. The Labute approximate surface area is 253 Å². The highest BCUT2D eigenvalue weighted by Gasteiger charge is 2.41. The lowest BCUT2D eigenvalue weighted by atomic mass is 10.2. The minimum absolute atomic E-state index is 0.122. The molecule has 4 aromatic carbocycles. The summed E-state index contributed by atoms with van der Waals surface area (Å²) in [5.41, 5.74) is 2.94. The van der Waals surface area contributed by atoms with Crippen molar-refractivity contribution in [1.82, 2.24) is 0 Å². The normalized spacial score (nSPS) is 12.8. The van der Waals surface area contributed by atoms with E-state index in [1.165, 1.54) is 7.11 Å². The number of methoxy groups -OCH3 is 3. The number of amides is 3. The fourth-order valence-electron chi connectivity index (χ4n) is 4.43. The van der Waals surface area contributed by atoms with E-state index in [0.29, 0.717) is 44.8 Å². The maximum Gasteiger partial charge on any atom is 0.283 e. The van der Waals surface area contributed by atoms with E-state index in [4.69, 9.17) is 14.2 Å². The molecule has 2 N–H and O–H groups in total. The number of carbonyl (C=O) groups excluding carboxylic acids is 3. The third-order valence-corrected chi connectivity index (χ3v) is 7.71. The van der Waals surface area contributed by atoms with Gasteiger partial charge >= 0.3 is 0 Å². The van der Waals surface area contributed by atoms with Crippen molar-refractivity contribution in [2.24, 2.45) is 0 Å². The molecule has 9 nitrogen and oxygen atoms in total. The van der Waals surface area contributed by atoms with E-state index in [0.717, 1.165) is 22.2 Å². The van der Waals surface area contributed by atoms with Crippen LogP contribution in [0.4, 0.5) is 17.1 Å². The van der Waals surface area contributed by atoms with Gasteiger partial charge in [0.1, 0.15) is 27.9 Å². The summed E-state index contributed by atoms with van der Waals surface area (Å²) in [6.07, 6.45) is 0. The number of imide groups is 1. The highest BCUT2D eigenvalue weighted by atomic mass is 32.2. The fraction of sp³-hybridized carbons (Fsp3) is 0.121. The molecule has 0 aromatic heterocycles. The summed E-state index contributed by atoms with van der Waals surface area (Å²) in [6, 6.07) is 26.2. The molecule has 0 radical (unpaired) electrons. The van der Waals surface area contributed by atoms with Crippen molar-refractivity contribution in [3.63, 3.8) is 0 Å². The lowest BCUT2D eigenvalue weighted by Gasteiger charge is -2.19. The second kappa shape index (κ2) is 12.7. The number of nitrogens with zero attached hydrogens (tertiary/aromatic N) is 1. The summed E-state index contributed by atoms with van der Waals surface area (Å²) in [5, 5.41) is 6.03. The number of hydrogen-bond acceptors (Lipinski definition) is 8. The van der Waals surface area contributed by atoms with Gasteiger partial charge in [-0.1, -0.05) is 23.9 Å². The average molecular weight is 596 g/mol. The van der Waals surface area contributed by atoms with Crippen LogP contribution in [0.1, 0.15) is 15.9 Å². The van der Waals surface area contributed by atoms with Crippen LogP contribution in [0.25, 0.3) is 0 Å². The van der Waals surface area contributed by atoms with Gasteiger partial charge in [-0.05, 0) is 91.3 Å². The molecule has 1 aliphatic rings. The molecule has 10 heteroatoms. The number of hydrogen-bond donors (Lipinski definition) is 2. The summed E-state index contributed by atoms with van der Waals surface area (Å²) in [7, 11) is 4.62. The molecule has 0 bridgehead atoms. The molecule has 3 amide bonds. The van der Waals surface area contributed by atoms with Gasteiger partial charge in [0, 0.05) is 21.8 Å². The van der Waals surface area contributed by atoms with Gasteiger partial charge in [0.05, 0.1) is 27.0 Å². The standard InChI is InChI=1S/C33H29N3O6S/c1-20-8-17-28(42-4)27(18-20)36-32(38)29(34-22-11-15-25(41-3)16-12-22)30(33(36)39)43-26-7-5-6-23(19-26)35-31(37)21-9-13-24(40-2)14-10-21/h5-19,34H,1-4H3,(H,35,37). The molecule has 218 valence electrons. The van der Waals surface area contributed by atoms with Crippen LogP contribution in [0.2, 0.25) is 0 Å². The zero-order valence-electron chi connectivity index (χ0n) is 24.0. The first-order chi connectivity index (χ1) is 20.8. The van der Waals surface area contributed by atoms with Gasteiger partial charge < -0.3 is 24.8 Å². The predicted molar refractivity (Wildman–Crippen MR) is 167 cm³/mol. The average Bonchev–Trinajstić information content (AvgIpc) is 3.25. The van der Waals surface area contributed by atoms with Crippen molar-refractivity contribution in [1.29, 1.82) is 0 Å². The largest absolute Gasteiger partial charge is 0.497 e. The Balaban J connectivity index is 1.47. The van der Waals surface area contributed by atoms with Gasteiger partial charge in [-0.15, -0.1) is 0 Å². The Kier molecular flexibility index (Phi) is 8.68. The second-order valence-corrected chi connectivity index (χ2v) is 10.6. The fourth-order valence-corrected chi connectivity index (χ4v) is 5.41. The van der Waals surface area contributed by atoms with Crippen LogP contribution in [0.5, 0.6) is 17.2 Å². The summed E-state index contributed by atoms with van der Waals surface area (Å²) in [4.78, 5) is 42.6. The quantitative estimate of drug-likeness (QED) is 0.207. The maximum atomic E-state index is 13.9. The molecular weight excluding hydrogens is 566 g/mol. The lowest BCUT2D eigenvalue weighted by molar-refractivity contribution is -0.120. The summed E-state index contributed by atoms with van der Waals surface area (Å²) < 4.78 is 15.9. The van der Waals surface area contributed by atoms with Crippen molar-refractivity contribution in [3.8, 4) is 17.2 Å². The lowest BCUT2D eigenvalue weighted by Crippen LogP contribution is -2.32. The monoisotopic (exact) mass is 595 g/mol. The highest BCUT2D eigenvalue weighted by Crippen LogP contribution is 2.41. The Hall–Kier alpha value is -5.22. The molecule has 0 spiro atoms. The molecule has 0 unspecified atom stereocenters. The van der Waals surface area contributed by atoms with Gasteiger partial charge in [-0.25, -0.2) is 4.90 Å². The number of benzene rings is 4. The van der Waals surface area contributed by atoms with Crippen molar-refractivity contribution in [3.05, 3.63) is 113 Å². The number of thioether (sulfide) groups is 1. The van der Waals surface area contributed by atoms with Crippen molar-refractivity contribution in [2.45, 2.75) is 11.8 Å². The Bertz CT molecular complexity index is 1720. The predicted octanol–water partition coefficient (Wildman–Crippen LogP) is 6.26. The van der Waals surface area contributed by atoms with Crippen LogP contribution < -0.4 is 29.7 Å². The number of carbonyl (C=O) groups is 3. The van der Waals surface area contributed by atoms with Gasteiger partial charge in [-0.3, -0.25) is 14.4 Å². The van der Waals surface area contributed by atoms with E-state index in [1.807, 2.05) is 13.0 Å². The van der Waals surface area contributed by atoms with Crippen LogP contribution >= 0.6 is 11.8 Å². The number of aryl methyl sites for hydroxylation is 1. The molecular formula is C33H29N3O6S. The Morgan fingerprint density at radius 3 is 2.07 bits per heavy atom. The highest BCUT2D eigenvalue weighted by molar-refractivity contribution is 8.04. The maximum absolute atomic E-state index is 13.9. The third-order valence-electron chi connectivity index (χ3n) is 6.64. The number of anilines is 3. The van der Waals surface area contributed by atoms with Gasteiger partial charge in [-0.2, -0.15) is 0 Å². The summed E-state index contributed by atoms with van der Waals surface area (Å²) in [5.74, 6) is 0.387. The summed E-state index contributed by atoms with van der Waals surface area (Å²) in [6.45, 7) is 1.87. The van der Waals surface area contributed by atoms with E-state index in [1.54, 1.807) is 99.1 Å². The molecule has 43 heavy (non-hydrogen) atoms. The van der Waals surface area contributed by atoms with Crippen LogP contribution in [0, 0.1) is 6.92 Å². The van der Waals surface area contributed by atoms with Gasteiger partial charge in [0.2, 0.25) is 0 Å². The van der Waals surface area contributed by atoms with Crippen molar-refractivity contribution < 1.29 is 28.6 Å². The molecule has 4 aromatic rings. The van der Waals surface area contributed by atoms with E-state index < -0.39 is 11.8 Å². The number of nitrogens with one attached hydrogen (secondary N) is 2. The third kappa shape index (κ3) is 6.34. The molecule has 0 fully saturated rings. The van der Waals surface area contributed by atoms with Crippen molar-refractivity contribution >= 4 is 46.5 Å². The topological polar surface area (TPSA) is 106 Å². The van der Waals surface area contributed by atoms with E-state index in [-0.39, 0.29) is 16.5 Å². The van der Waals surface area contributed by atoms with Crippen LogP contribution in [0.15, 0.2) is 106 Å². The first kappa shape index (κ1) is 29.3. The molecule has 1 heterocycles. The second-order valence-electron chi connectivity index (χ2n) is 9.49. The molecule has 0 saturated heterocycles. The number of ether oxygens (including phenoxy) is 3. The Morgan fingerprint density at radius 1 is 0.744 bits per heavy atom. The first-order valence-electron chi connectivity index (χ1n) is 13.2. The molecule has 5 rings (SSSR count). The van der Waals surface area contributed by atoms with Gasteiger partial charge in [0.25, 0.3) is 17.7 Å². The van der Waals surface area contributed by atoms with Crippen molar-refractivity contribution in [2.75, 3.05) is 36.9 Å².